The van der Waals surface area contributed by atoms with Crippen LogP contribution in [0.1, 0.15) is 33.4 Å². The van der Waals surface area contributed by atoms with Crippen LogP contribution in [0.2, 0.25) is 0 Å². The lowest BCUT2D eigenvalue weighted by molar-refractivity contribution is 0.436. The number of nitriles is 2. The van der Waals surface area contributed by atoms with Gasteiger partial charge in [-0.3, -0.25) is 19.9 Å². The highest BCUT2D eigenvalue weighted by atomic mass is 16.5. The van der Waals surface area contributed by atoms with Crippen LogP contribution in [0.25, 0.3) is 93.9 Å². The van der Waals surface area contributed by atoms with Gasteiger partial charge in [-0.15, -0.1) is 0 Å². The van der Waals surface area contributed by atoms with Gasteiger partial charge in [0.15, 0.2) is 0 Å². The summed E-state index contributed by atoms with van der Waals surface area (Å²) in [5.74, 6) is 1.45. The average Bonchev–Trinajstić information content (AvgIpc) is 4.12. The van der Waals surface area contributed by atoms with Crippen molar-refractivity contribution < 1.29 is 4.74 Å². The van der Waals surface area contributed by atoms with Crippen LogP contribution in [0.4, 0.5) is 0 Å². The zero-order valence-corrected chi connectivity index (χ0v) is 36.3. The van der Waals surface area contributed by atoms with Gasteiger partial charge in [-0.2, -0.15) is 10.5 Å². The summed E-state index contributed by atoms with van der Waals surface area (Å²) in [5, 5.41) is 26.4. The van der Waals surface area contributed by atoms with Crippen molar-refractivity contribution >= 4 is 65.4 Å². The Labute approximate surface area is 392 Å². The molecular weight excluding hydrogens is 851 g/mol. The standard InChI is InChI=1S/C59H31N9O/c60-30-34-9-14-50-42(25-34)41-20-24-63-33-54(41)68(50)38-13-18-56-48(29-38)59(45-6-3-21-64-57(45)58-46(59)7-4-22-65-58)47-28-37(12-17-55(47)69-56)66-51-15-10-35(31-61)26-43(51)44-27-36(11-16-52(44)66)67-49-8-2-1-5-39(49)40-19-23-62-32-53(40)67/h1-29,32-33H. The van der Waals surface area contributed by atoms with E-state index in [1.54, 1.807) is 6.20 Å². The minimum absolute atomic E-state index is 0.585. The number of rotatable bonds is 3. The summed E-state index contributed by atoms with van der Waals surface area (Å²) < 4.78 is 13.8. The molecule has 7 aromatic heterocycles. The molecule has 1 aliphatic heterocycles. The molecule has 10 heteroatoms. The van der Waals surface area contributed by atoms with E-state index in [9.17, 15) is 10.5 Å². The van der Waals surface area contributed by atoms with E-state index < -0.39 is 5.41 Å². The summed E-state index contributed by atoms with van der Waals surface area (Å²) in [5.41, 5.74) is 14.6. The van der Waals surface area contributed by atoms with Crippen LogP contribution in [0.3, 0.4) is 0 Å². The minimum Gasteiger partial charge on any atom is -0.457 e. The van der Waals surface area contributed by atoms with Crippen LogP contribution in [0, 0.1) is 22.7 Å². The van der Waals surface area contributed by atoms with E-state index in [2.05, 4.69) is 139 Å². The molecular formula is C59H31N9O. The van der Waals surface area contributed by atoms with Gasteiger partial charge >= 0.3 is 0 Å². The fraction of sp³-hybridized carbons (Fsp3) is 0.0169. The van der Waals surface area contributed by atoms with E-state index in [-0.39, 0.29) is 0 Å². The fourth-order valence-electron chi connectivity index (χ4n) is 11.7. The molecule has 1 spiro atoms. The number of hydrogen-bond acceptors (Lipinski definition) is 7. The van der Waals surface area contributed by atoms with Crippen molar-refractivity contribution in [2.75, 3.05) is 0 Å². The molecule has 10 nitrogen and oxygen atoms in total. The Balaban J connectivity index is 0.998. The van der Waals surface area contributed by atoms with Crippen LogP contribution in [-0.2, 0) is 5.41 Å². The molecule has 15 rings (SSSR count). The maximum Gasteiger partial charge on any atom is 0.132 e. The van der Waals surface area contributed by atoms with E-state index in [1.807, 2.05) is 79.5 Å². The summed E-state index contributed by atoms with van der Waals surface area (Å²) in [6.07, 6.45) is 11.1. The quantitative estimate of drug-likeness (QED) is 0.173. The number of nitrogens with zero attached hydrogens (tertiary/aromatic N) is 9. The Morgan fingerprint density at radius 3 is 1.45 bits per heavy atom. The predicted octanol–water partition coefficient (Wildman–Crippen LogP) is 12.8. The third-order valence-corrected chi connectivity index (χ3v) is 14.4. The number of fused-ring (bicyclic) bond motifs is 18. The van der Waals surface area contributed by atoms with Gasteiger partial charge in [0.2, 0.25) is 0 Å². The molecule has 0 bridgehead atoms. The highest BCUT2D eigenvalue weighted by Crippen LogP contribution is 2.62. The molecule has 2 aliphatic rings. The molecule has 1 aliphatic carbocycles. The van der Waals surface area contributed by atoms with Crippen molar-refractivity contribution in [2.24, 2.45) is 0 Å². The molecule has 0 saturated carbocycles. The third-order valence-electron chi connectivity index (χ3n) is 14.4. The third kappa shape index (κ3) is 4.85. The van der Waals surface area contributed by atoms with Crippen molar-refractivity contribution in [3.8, 4) is 52.1 Å². The first-order valence-corrected chi connectivity index (χ1v) is 22.6. The van der Waals surface area contributed by atoms with Gasteiger partial charge in [-0.1, -0.05) is 30.3 Å². The number of para-hydroxylation sites is 1. The number of hydrogen-bond donors (Lipinski definition) is 0. The molecule has 0 unspecified atom stereocenters. The summed E-state index contributed by atoms with van der Waals surface area (Å²) in [7, 11) is 0. The molecule has 0 radical (unpaired) electrons. The Hall–Kier alpha value is -9.90. The molecule has 0 amide bonds. The average molecular weight is 882 g/mol. The van der Waals surface area contributed by atoms with Gasteiger partial charge in [0.05, 0.1) is 85.6 Å². The number of benzene rings is 6. The Bertz CT molecular complexity index is 4420. The van der Waals surface area contributed by atoms with E-state index in [0.717, 1.165) is 128 Å². The summed E-state index contributed by atoms with van der Waals surface area (Å²) in [6, 6.07) is 56.9. The topological polar surface area (TPSA) is 123 Å². The maximum atomic E-state index is 10.2. The molecule has 6 aromatic carbocycles. The molecule has 0 N–H and O–H groups in total. The fourth-order valence-corrected chi connectivity index (χ4v) is 11.7. The number of aromatic nitrogens is 7. The zero-order valence-electron chi connectivity index (χ0n) is 36.3. The van der Waals surface area contributed by atoms with Gasteiger partial charge in [0.25, 0.3) is 0 Å². The second-order valence-electron chi connectivity index (χ2n) is 17.7. The normalized spacial score (nSPS) is 13.1. The van der Waals surface area contributed by atoms with Crippen molar-refractivity contribution in [1.82, 2.24) is 33.6 Å². The van der Waals surface area contributed by atoms with Gasteiger partial charge in [0, 0.05) is 85.3 Å². The predicted molar refractivity (Wildman–Crippen MR) is 267 cm³/mol. The summed E-state index contributed by atoms with van der Waals surface area (Å²) in [4.78, 5) is 19.1. The van der Waals surface area contributed by atoms with Crippen LogP contribution in [0.15, 0.2) is 189 Å². The lowest BCUT2D eigenvalue weighted by Gasteiger charge is -2.39. The smallest absolute Gasteiger partial charge is 0.132 e. The molecule has 69 heavy (non-hydrogen) atoms. The molecule has 318 valence electrons. The summed E-state index contributed by atoms with van der Waals surface area (Å²) >= 11 is 0. The van der Waals surface area contributed by atoms with E-state index in [1.165, 1.54) is 0 Å². The van der Waals surface area contributed by atoms with Crippen LogP contribution in [0.5, 0.6) is 11.5 Å². The Morgan fingerprint density at radius 2 is 0.855 bits per heavy atom. The Morgan fingerprint density at radius 1 is 0.391 bits per heavy atom. The lowest BCUT2D eigenvalue weighted by atomic mass is 9.66. The van der Waals surface area contributed by atoms with Crippen LogP contribution < -0.4 is 4.74 Å². The minimum atomic E-state index is -0.905. The second-order valence-corrected chi connectivity index (χ2v) is 17.7. The van der Waals surface area contributed by atoms with E-state index in [4.69, 9.17) is 14.7 Å². The molecule has 0 fully saturated rings. The highest BCUT2D eigenvalue weighted by molar-refractivity contribution is 6.13. The Kier molecular flexibility index (Phi) is 7.35. The second kappa shape index (κ2) is 13.6. The molecule has 0 atom stereocenters. The first-order chi connectivity index (χ1) is 34.1. The van der Waals surface area contributed by atoms with Crippen molar-refractivity contribution in [1.29, 1.82) is 10.5 Å². The molecule has 8 heterocycles. The molecule has 0 saturated heterocycles. The van der Waals surface area contributed by atoms with E-state index >= 15 is 0 Å². The first kappa shape index (κ1) is 37.3. The SMILES string of the molecule is N#Cc1ccc2c(c1)c1cc(-n3c4ccccc4c4ccncc43)ccc1n2-c1ccc2c(c1)C1(c3cc(-n4c5ccc(C#N)cc5c5ccncc54)ccc3O2)c2cccnc2-c2ncccc21. The van der Waals surface area contributed by atoms with Crippen molar-refractivity contribution in [3.63, 3.8) is 0 Å². The highest BCUT2D eigenvalue weighted by Gasteiger charge is 2.53. The largest absolute Gasteiger partial charge is 0.457 e. The number of ether oxygens (including phenoxy) is 1. The zero-order chi connectivity index (χ0) is 45.5. The van der Waals surface area contributed by atoms with Crippen molar-refractivity contribution in [3.05, 3.63) is 222 Å². The van der Waals surface area contributed by atoms with Gasteiger partial charge in [-0.05, 0) is 132 Å². The van der Waals surface area contributed by atoms with Crippen LogP contribution >= 0.6 is 0 Å². The lowest BCUT2D eigenvalue weighted by Crippen LogP contribution is -2.32. The van der Waals surface area contributed by atoms with Gasteiger partial charge < -0.3 is 18.4 Å². The van der Waals surface area contributed by atoms with Crippen LogP contribution in [-0.4, -0.2) is 33.6 Å². The maximum absolute atomic E-state index is 10.2. The van der Waals surface area contributed by atoms with E-state index in [0.29, 0.717) is 11.1 Å². The summed E-state index contributed by atoms with van der Waals surface area (Å²) in [6.45, 7) is 0. The van der Waals surface area contributed by atoms with Gasteiger partial charge in [-0.25, -0.2) is 0 Å². The molecule has 13 aromatic rings. The van der Waals surface area contributed by atoms with Crippen molar-refractivity contribution in [2.45, 2.75) is 5.41 Å². The first-order valence-electron chi connectivity index (χ1n) is 22.6. The van der Waals surface area contributed by atoms with Gasteiger partial charge in [0.1, 0.15) is 11.5 Å². The monoisotopic (exact) mass is 881 g/mol. The number of pyridine rings is 4.